The minimum atomic E-state index is -0.663. The Kier molecular flexibility index (Phi) is 8.04. The van der Waals surface area contributed by atoms with E-state index in [0.29, 0.717) is 23.0 Å². The summed E-state index contributed by atoms with van der Waals surface area (Å²) in [6.07, 6.45) is 4.33. The van der Waals surface area contributed by atoms with E-state index in [4.69, 9.17) is 9.47 Å². The number of nitrogens with one attached hydrogen (secondary N) is 2. The second-order valence-corrected chi connectivity index (χ2v) is 7.72. The topological polar surface area (TPSA) is 93.7 Å². The molecule has 2 N–H and O–H groups in total. The van der Waals surface area contributed by atoms with Gasteiger partial charge < -0.3 is 20.1 Å². The lowest BCUT2D eigenvalue weighted by Gasteiger charge is -2.29. The predicted octanol–water partition coefficient (Wildman–Crippen LogP) is 3.45. The first-order valence-corrected chi connectivity index (χ1v) is 10.6. The average molecular weight is 424 g/mol. The maximum atomic E-state index is 12.2. The number of benzene rings is 2. The van der Waals surface area contributed by atoms with Crippen molar-refractivity contribution in [3.8, 4) is 11.5 Å². The number of hydrogen-bond acceptors (Lipinski definition) is 5. The molecule has 31 heavy (non-hydrogen) atoms. The number of hydrogen-bond donors (Lipinski definition) is 2. The van der Waals surface area contributed by atoms with Crippen molar-refractivity contribution in [1.82, 2.24) is 10.6 Å². The fourth-order valence-corrected chi connectivity index (χ4v) is 3.53. The van der Waals surface area contributed by atoms with Crippen LogP contribution in [0.3, 0.4) is 0 Å². The number of carbonyl (C=O) groups is 3. The van der Waals surface area contributed by atoms with Crippen molar-refractivity contribution in [2.75, 3.05) is 13.2 Å². The van der Waals surface area contributed by atoms with Gasteiger partial charge in [0.25, 0.3) is 11.8 Å². The van der Waals surface area contributed by atoms with Gasteiger partial charge in [-0.2, -0.15) is 0 Å². The van der Waals surface area contributed by atoms with E-state index in [1.807, 2.05) is 30.3 Å². The molecular weight excluding hydrogens is 396 g/mol. The third-order valence-corrected chi connectivity index (χ3v) is 5.31. The molecule has 0 aromatic heterocycles. The first-order valence-electron chi connectivity index (χ1n) is 10.6. The maximum Gasteiger partial charge on any atom is 0.325 e. The minimum Gasteiger partial charge on any atom is -0.457 e. The SMILES string of the molecule is CC1CCCCC1NC(=O)COC(=O)CNC(=O)c1ccc(Oc2ccccc2)cc1. The summed E-state index contributed by atoms with van der Waals surface area (Å²) < 4.78 is 10.6. The second-order valence-electron chi connectivity index (χ2n) is 7.72. The fraction of sp³-hybridized carbons (Fsp3) is 0.375. The Balaban J connectivity index is 1.37. The Bertz CT molecular complexity index is 883. The summed E-state index contributed by atoms with van der Waals surface area (Å²) >= 11 is 0. The normalized spacial score (nSPS) is 18.0. The molecule has 0 aliphatic heterocycles. The van der Waals surface area contributed by atoms with Gasteiger partial charge in [-0.3, -0.25) is 14.4 Å². The van der Waals surface area contributed by atoms with E-state index in [0.717, 1.165) is 19.3 Å². The van der Waals surface area contributed by atoms with E-state index in [1.165, 1.54) is 6.42 Å². The molecular formula is C24H28N2O5. The minimum absolute atomic E-state index is 0.133. The van der Waals surface area contributed by atoms with E-state index in [-0.39, 0.29) is 25.1 Å². The molecule has 7 heteroatoms. The molecule has 2 atom stereocenters. The van der Waals surface area contributed by atoms with Crippen LogP contribution in [0.25, 0.3) is 0 Å². The van der Waals surface area contributed by atoms with Crippen LogP contribution in [-0.4, -0.2) is 37.0 Å². The van der Waals surface area contributed by atoms with Crippen molar-refractivity contribution >= 4 is 17.8 Å². The van der Waals surface area contributed by atoms with Crippen molar-refractivity contribution in [1.29, 1.82) is 0 Å². The van der Waals surface area contributed by atoms with E-state index in [2.05, 4.69) is 17.6 Å². The van der Waals surface area contributed by atoms with Gasteiger partial charge >= 0.3 is 5.97 Å². The molecule has 3 rings (SSSR count). The largest absolute Gasteiger partial charge is 0.457 e. The Morgan fingerprint density at radius 1 is 0.935 bits per heavy atom. The molecule has 2 aromatic rings. The first-order chi connectivity index (χ1) is 15.0. The molecule has 1 saturated carbocycles. The zero-order chi connectivity index (χ0) is 22.1. The number of carbonyl (C=O) groups excluding carboxylic acids is 3. The van der Waals surface area contributed by atoms with Crippen molar-refractivity contribution in [2.45, 2.75) is 38.6 Å². The van der Waals surface area contributed by atoms with E-state index < -0.39 is 11.9 Å². The van der Waals surface area contributed by atoms with Crippen LogP contribution in [0.5, 0.6) is 11.5 Å². The van der Waals surface area contributed by atoms with Crippen molar-refractivity contribution in [3.63, 3.8) is 0 Å². The van der Waals surface area contributed by atoms with Gasteiger partial charge in [0.2, 0.25) is 0 Å². The molecule has 2 aromatic carbocycles. The second kappa shape index (κ2) is 11.2. The van der Waals surface area contributed by atoms with Gasteiger partial charge in [0.1, 0.15) is 18.0 Å². The molecule has 1 fully saturated rings. The number of amides is 2. The van der Waals surface area contributed by atoms with Gasteiger partial charge in [-0.15, -0.1) is 0 Å². The summed E-state index contributed by atoms with van der Waals surface area (Å²) in [6.45, 7) is 1.46. The van der Waals surface area contributed by atoms with Gasteiger partial charge in [-0.25, -0.2) is 0 Å². The lowest BCUT2D eigenvalue weighted by atomic mass is 9.86. The average Bonchev–Trinajstić information content (AvgIpc) is 2.79. The zero-order valence-corrected chi connectivity index (χ0v) is 17.6. The van der Waals surface area contributed by atoms with Crippen LogP contribution in [0.2, 0.25) is 0 Å². The van der Waals surface area contributed by atoms with E-state index >= 15 is 0 Å². The number of rotatable bonds is 8. The maximum absolute atomic E-state index is 12.2. The van der Waals surface area contributed by atoms with Crippen molar-refractivity contribution < 1.29 is 23.9 Å². The Morgan fingerprint density at radius 3 is 2.32 bits per heavy atom. The summed E-state index contributed by atoms with van der Waals surface area (Å²) in [5, 5.41) is 5.42. The predicted molar refractivity (Wildman–Crippen MR) is 116 cm³/mol. The Morgan fingerprint density at radius 2 is 1.61 bits per heavy atom. The van der Waals surface area contributed by atoms with Gasteiger partial charge in [0, 0.05) is 11.6 Å². The molecule has 0 radical (unpaired) electrons. The zero-order valence-electron chi connectivity index (χ0n) is 17.6. The van der Waals surface area contributed by atoms with Crippen LogP contribution in [0.15, 0.2) is 54.6 Å². The molecule has 2 amide bonds. The Hall–Kier alpha value is -3.35. The van der Waals surface area contributed by atoms with Crippen LogP contribution in [0.1, 0.15) is 43.0 Å². The van der Waals surface area contributed by atoms with Gasteiger partial charge in [-0.1, -0.05) is 38.0 Å². The lowest BCUT2D eigenvalue weighted by molar-refractivity contribution is -0.147. The summed E-state index contributed by atoms with van der Waals surface area (Å²) in [7, 11) is 0. The monoisotopic (exact) mass is 424 g/mol. The highest BCUT2D eigenvalue weighted by Gasteiger charge is 2.23. The highest BCUT2D eigenvalue weighted by Crippen LogP contribution is 2.23. The molecule has 164 valence electrons. The number of esters is 1. The van der Waals surface area contributed by atoms with Crippen LogP contribution < -0.4 is 15.4 Å². The molecule has 1 aliphatic rings. The van der Waals surface area contributed by atoms with Crippen LogP contribution in [0, 0.1) is 5.92 Å². The quantitative estimate of drug-likeness (QED) is 0.633. The summed E-state index contributed by atoms with van der Waals surface area (Å²) in [6, 6.07) is 16.0. The summed E-state index contributed by atoms with van der Waals surface area (Å²) in [5.41, 5.74) is 0.386. The van der Waals surface area contributed by atoms with Crippen LogP contribution >= 0.6 is 0 Å². The molecule has 7 nitrogen and oxygen atoms in total. The first kappa shape index (κ1) is 22.3. The fourth-order valence-electron chi connectivity index (χ4n) is 3.53. The lowest BCUT2D eigenvalue weighted by Crippen LogP contribution is -2.43. The van der Waals surface area contributed by atoms with Crippen LogP contribution in [-0.2, 0) is 14.3 Å². The van der Waals surface area contributed by atoms with Crippen LogP contribution in [0.4, 0.5) is 0 Å². The summed E-state index contributed by atoms with van der Waals surface area (Å²) in [4.78, 5) is 36.1. The number of ether oxygens (including phenoxy) is 2. The summed E-state index contributed by atoms with van der Waals surface area (Å²) in [5.74, 6) is 0.336. The molecule has 1 aliphatic carbocycles. The molecule has 0 bridgehead atoms. The third-order valence-electron chi connectivity index (χ3n) is 5.31. The van der Waals surface area contributed by atoms with Gasteiger partial charge in [-0.05, 0) is 55.2 Å². The third kappa shape index (κ3) is 7.13. The van der Waals surface area contributed by atoms with Gasteiger partial charge in [0.05, 0.1) is 0 Å². The molecule has 0 heterocycles. The van der Waals surface area contributed by atoms with Gasteiger partial charge in [0.15, 0.2) is 6.61 Å². The standard InChI is InChI=1S/C24H28N2O5/c1-17-7-5-6-10-21(17)26-22(27)16-30-23(28)15-25-24(29)18-11-13-20(14-12-18)31-19-8-3-2-4-9-19/h2-4,8-9,11-14,17,21H,5-7,10,15-16H2,1H3,(H,25,29)(H,26,27). The molecule has 2 unspecified atom stereocenters. The highest BCUT2D eigenvalue weighted by molar-refractivity contribution is 5.96. The Labute approximate surface area is 182 Å². The highest BCUT2D eigenvalue weighted by atomic mass is 16.5. The van der Waals surface area contributed by atoms with Crippen molar-refractivity contribution in [3.05, 3.63) is 60.2 Å². The number of para-hydroxylation sites is 1. The molecule has 0 saturated heterocycles. The van der Waals surface area contributed by atoms with E-state index in [9.17, 15) is 14.4 Å². The molecule has 0 spiro atoms. The van der Waals surface area contributed by atoms with Crippen molar-refractivity contribution in [2.24, 2.45) is 5.92 Å². The smallest absolute Gasteiger partial charge is 0.325 e. The van der Waals surface area contributed by atoms with E-state index in [1.54, 1.807) is 24.3 Å².